The van der Waals surface area contributed by atoms with E-state index < -0.39 is 0 Å². The quantitative estimate of drug-likeness (QED) is 0.301. The van der Waals surface area contributed by atoms with E-state index in [1.54, 1.807) is 11.3 Å². The number of nitrogens with one attached hydrogen (secondary N) is 2. The van der Waals surface area contributed by atoms with E-state index in [0.29, 0.717) is 5.96 Å². The van der Waals surface area contributed by atoms with Crippen molar-refractivity contribution in [3.05, 3.63) is 57.9 Å². The third kappa shape index (κ3) is 4.98. The first-order valence-corrected chi connectivity index (χ1v) is 8.73. The molecule has 128 valence electrons. The number of aromatic nitrogens is 1. The molecule has 2 aromatic heterocycles. The number of aromatic amines is 1. The maximum Gasteiger partial charge on any atom is 0.188 e. The van der Waals surface area contributed by atoms with Crippen LogP contribution in [-0.4, -0.2) is 24.0 Å². The molecule has 3 rings (SSSR count). The summed E-state index contributed by atoms with van der Waals surface area (Å²) in [5.74, 6) is 0.525. The van der Waals surface area contributed by atoms with Crippen molar-refractivity contribution in [1.29, 1.82) is 0 Å². The van der Waals surface area contributed by atoms with Crippen LogP contribution in [0.25, 0.3) is 10.9 Å². The Morgan fingerprint density at radius 2 is 2.17 bits per heavy atom. The number of hydrogen-bond donors (Lipinski definition) is 3. The van der Waals surface area contributed by atoms with Gasteiger partial charge in [0.05, 0.1) is 0 Å². The molecule has 0 fully saturated rings. The van der Waals surface area contributed by atoms with Gasteiger partial charge in [0.15, 0.2) is 5.96 Å². The van der Waals surface area contributed by atoms with Gasteiger partial charge in [-0.1, -0.05) is 18.2 Å². The topological polar surface area (TPSA) is 66.2 Å². The van der Waals surface area contributed by atoms with Gasteiger partial charge in [0.25, 0.3) is 0 Å². The molecule has 0 saturated carbocycles. The van der Waals surface area contributed by atoms with Gasteiger partial charge in [-0.3, -0.25) is 4.99 Å². The van der Waals surface area contributed by atoms with Crippen molar-refractivity contribution in [1.82, 2.24) is 10.3 Å². The summed E-state index contributed by atoms with van der Waals surface area (Å²) in [5, 5.41) is 6.56. The van der Waals surface area contributed by atoms with E-state index in [9.17, 15) is 0 Å². The molecule has 0 unspecified atom stereocenters. The molecule has 3 aromatic rings. The minimum atomic E-state index is 0. The third-order valence-corrected chi connectivity index (χ3v) is 4.78. The van der Waals surface area contributed by atoms with Crippen molar-refractivity contribution in [2.45, 2.75) is 19.8 Å². The summed E-state index contributed by atoms with van der Waals surface area (Å²) in [5.41, 5.74) is 9.69. The summed E-state index contributed by atoms with van der Waals surface area (Å²) >= 11 is 1.76. The highest BCUT2D eigenvalue weighted by Crippen LogP contribution is 2.19. The van der Waals surface area contributed by atoms with Crippen molar-refractivity contribution in [2.24, 2.45) is 10.7 Å². The lowest BCUT2D eigenvalue weighted by molar-refractivity contribution is 0.848. The first kappa shape index (κ1) is 18.8. The molecule has 0 saturated heterocycles. The zero-order valence-corrected chi connectivity index (χ0v) is 16.9. The lowest BCUT2D eigenvalue weighted by Crippen LogP contribution is -2.33. The Balaban J connectivity index is 0.00000208. The van der Waals surface area contributed by atoms with Gasteiger partial charge in [-0.15, -0.1) is 35.3 Å². The van der Waals surface area contributed by atoms with Crippen LogP contribution in [-0.2, 0) is 12.8 Å². The molecule has 2 heterocycles. The molecule has 0 radical (unpaired) electrons. The Labute approximate surface area is 163 Å². The van der Waals surface area contributed by atoms with Crippen molar-refractivity contribution < 1.29 is 0 Å². The smallest absolute Gasteiger partial charge is 0.188 e. The number of benzene rings is 1. The summed E-state index contributed by atoms with van der Waals surface area (Å²) < 4.78 is 0. The molecule has 0 aliphatic carbocycles. The van der Waals surface area contributed by atoms with Crippen LogP contribution in [0.3, 0.4) is 0 Å². The van der Waals surface area contributed by atoms with Crippen molar-refractivity contribution in [2.75, 3.05) is 13.1 Å². The van der Waals surface area contributed by atoms with Crippen LogP contribution in [0.15, 0.2) is 46.9 Å². The molecule has 0 spiro atoms. The normalized spacial score (nSPS) is 11.5. The number of guanidine groups is 1. The molecule has 0 aliphatic rings. The number of fused-ring (bicyclic) bond motifs is 1. The second kappa shape index (κ2) is 9.08. The zero-order chi connectivity index (χ0) is 16.1. The van der Waals surface area contributed by atoms with Gasteiger partial charge in [-0.25, -0.2) is 0 Å². The molecule has 4 nitrogen and oxygen atoms in total. The number of rotatable bonds is 6. The van der Waals surface area contributed by atoms with E-state index in [1.165, 1.54) is 26.9 Å². The van der Waals surface area contributed by atoms with Gasteiger partial charge >= 0.3 is 0 Å². The first-order chi connectivity index (χ1) is 11.2. The van der Waals surface area contributed by atoms with Gasteiger partial charge in [-0.05, 0) is 42.0 Å². The molecule has 0 aliphatic heterocycles. The van der Waals surface area contributed by atoms with Crippen LogP contribution in [0.5, 0.6) is 0 Å². The maximum atomic E-state index is 5.92. The van der Waals surface area contributed by atoms with Gasteiger partial charge in [-0.2, -0.15) is 0 Å². The Hall–Kier alpha value is -1.54. The third-order valence-electron chi connectivity index (χ3n) is 3.84. The number of nitrogens with two attached hydrogens (primary N) is 1. The van der Waals surface area contributed by atoms with E-state index in [-0.39, 0.29) is 24.0 Å². The Bertz CT molecular complexity index is 793. The Kier molecular flexibility index (Phi) is 7.11. The molecule has 6 heteroatoms. The van der Waals surface area contributed by atoms with E-state index in [1.807, 2.05) is 0 Å². The number of nitrogens with zero attached hydrogens (tertiary/aromatic N) is 1. The lowest BCUT2D eigenvalue weighted by Gasteiger charge is -2.05. The summed E-state index contributed by atoms with van der Waals surface area (Å²) in [4.78, 5) is 9.05. The fourth-order valence-corrected chi connectivity index (χ4v) is 3.33. The second-order valence-corrected chi connectivity index (χ2v) is 6.67. The maximum absolute atomic E-state index is 5.92. The van der Waals surface area contributed by atoms with Crippen LogP contribution in [0, 0.1) is 6.92 Å². The summed E-state index contributed by atoms with van der Waals surface area (Å²) in [6, 6.07) is 10.7. The largest absolute Gasteiger partial charge is 0.370 e. The average Bonchev–Trinajstić information content (AvgIpc) is 3.17. The summed E-state index contributed by atoms with van der Waals surface area (Å²) in [6.45, 7) is 3.62. The molecule has 4 N–H and O–H groups in total. The van der Waals surface area contributed by atoms with Crippen molar-refractivity contribution in [3.8, 4) is 0 Å². The highest BCUT2D eigenvalue weighted by Gasteiger charge is 2.03. The number of halogens is 1. The zero-order valence-electron chi connectivity index (χ0n) is 13.7. The van der Waals surface area contributed by atoms with Crippen LogP contribution in [0.1, 0.15) is 16.0 Å². The molecule has 0 bridgehead atoms. The number of aryl methyl sites for hydroxylation is 1. The van der Waals surface area contributed by atoms with Crippen molar-refractivity contribution >= 4 is 52.2 Å². The molecule has 24 heavy (non-hydrogen) atoms. The van der Waals surface area contributed by atoms with Gasteiger partial charge in [0.2, 0.25) is 0 Å². The fraction of sp³-hybridized carbons (Fsp3) is 0.278. The van der Waals surface area contributed by atoms with Gasteiger partial charge in [0.1, 0.15) is 0 Å². The highest BCUT2D eigenvalue weighted by molar-refractivity contribution is 14.0. The number of H-pyrrole nitrogens is 1. The van der Waals surface area contributed by atoms with E-state index >= 15 is 0 Å². The molecular formula is C18H23IN4S. The minimum Gasteiger partial charge on any atom is -0.370 e. The fourth-order valence-electron chi connectivity index (χ4n) is 2.63. The lowest BCUT2D eigenvalue weighted by atomic mass is 10.1. The van der Waals surface area contributed by atoms with Gasteiger partial charge in [0, 0.05) is 41.5 Å². The molecular weight excluding hydrogens is 431 g/mol. The molecule has 0 atom stereocenters. The van der Waals surface area contributed by atoms with E-state index in [0.717, 1.165) is 25.9 Å². The second-order valence-electron chi connectivity index (χ2n) is 5.64. The molecule has 0 amide bonds. The predicted molar refractivity (Wildman–Crippen MR) is 115 cm³/mol. The van der Waals surface area contributed by atoms with Crippen LogP contribution < -0.4 is 11.1 Å². The summed E-state index contributed by atoms with van der Waals surface area (Å²) in [6.07, 6.45) is 3.95. The SMILES string of the molecule is Cc1ccc2c(CCNC(N)=NCCc3cccs3)c[nH]c2c1.I. The van der Waals surface area contributed by atoms with E-state index in [4.69, 9.17) is 5.73 Å². The summed E-state index contributed by atoms with van der Waals surface area (Å²) in [7, 11) is 0. The predicted octanol–water partition coefficient (Wildman–Crippen LogP) is 3.85. The standard InChI is InChI=1S/C18H22N4S.HI/c1-13-4-5-16-14(12-22-17(16)11-13)6-8-20-18(19)21-9-7-15-3-2-10-23-15;/h2-5,10-12,22H,6-9H2,1H3,(H3,19,20,21);1H. The first-order valence-electron chi connectivity index (χ1n) is 7.85. The average molecular weight is 454 g/mol. The molecule has 1 aromatic carbocycles. The Morgan fingerprint density at radius 1 is 1.29 bits per heavy atom. The monoisotopic (exact) mass is 454 g/mol. The van der Waals surface area contributed by atoms with Crippen LogP contribution >= 0.6 is 35.3 Å². The van der Waals surface area contributed by atoms with Crippen LogP contribution in [0.4, 0.5) is 0 Å². The number of hydrogen-bond acceptors (Lipinski definition) is 2. The Morgan fingerprint density at radius 3 is 2.96 bits per heavy atom. The number of aliphatic imine (C=N–C) groups is 1. The number of thiophene rings is 1. The van der Waals surface area contributed by atoms with Crippen molar-refractivity contribution in [3.63, 3.8) is 0 Å². The van der Waals surface area contributed by atoms with E-state index in [2.05, 4.69) is 64.1 Å². The highest BCUT2D eigenvalue weighted by atomic mass is 127. The van der Waals surface area contributed by atoms with Gasteiger partial charge < -0.3 is 16.0 Å². The minimum absolute atomic E-state index is 0. The van der Waals surface area contributed by atoms with Crippen LogP contribution in [0.2, 0.25) is 0 Å².